The second kappa shape index (κ2) is 7.99. The van der Waals surface area contributed by atoms with Gasteiger partial charge in [-0.3, -0.25) is 4.79 Å². The van der Waals surface area contributed by atoms with Crippen molar-refractivity contribution in [2.24, 2.45) is 5.10 Å². The molecule has 6 heteroatoms. The zero-order valence-corrected chi connectivity index (χ0v) is 16.9. The minimum absolute atomic E-state index is 0.153. The van der Waals surface area contributed by atoms with Crippen LogP contribution in [0.1, 0.15) is 16.7 Å². The highest BCUT2D eigenvalue weighted by Gasteiger charge is 2.31. The molecule has 2 heterocycles. The van der Waals surface area contributed by atoms with Gasteiger partial charge in [-0.2, -0.15) is 5.10 Å². The molecule has 3 aromatic rings. The monoisotopic (exact) mass is 412 g/mol. The number of rotatable bonds is 5. The van der Waals surface area contributed by atoms with Gasteiger partial charge in [-0.05, 0) is 41.5 Å². The Morgan fingerprint density at radius 2 is 1.84 bits per heavy atom. The van der Waals surface area contributed by atoms with Gasteiger partial charge in [0.15, 0.2) is 11.5 Å². The highest BCUT2D eigenvalue weighted by molar-refractivity contribution is 6.33. The van der Waals surface area contributed by atoms with E-state index in [4.69, 9.17) is 14.2 Å². The predicted octanol–water partition coefficient (Wildman–Crippen LogP) is 4.25. The van der Waals surface area contributed by atoms with Crippen molar-refractivity contribution < 1.29 is 19.0 Å². The van der Waals surface area contributed by atoms with Crippen LogP contribution < -0.4 is 14.2 Å². The fourth-order valence-corrected chi connectivity index (χ4v) is 3.62. The van der Waals surface area contributed by atoms with Crippen molar-refractivity contribution in [1.82, 2.24) is 5.01 Å². The van der Waals surface area contributed by atoms with E-state index in [0.29, 0.717) is 29.3 Å². The molecule has 2 aliphatic rings. The number of hydrogen-bond acceptors (Lipinski definition) is 5. The fourth-order valence-electron chi connectivity index (χ4n) is 3.62. The lowest BCUT2D eigenvalue weighted by molar-refractivity contribution is -0.126. The van der Waals surface area contributed by atoms with Crippen LogP contribution in [0.5, 0.6) is 17.2 Å². The lowest BCUT2D eigenvalue weighted by atomic mass is 10.00. The quantitative estimate of drug-likeness (QED) is 0.588. The number of amides is 1. The fraction of sp³-hybridized carbons (Fsp3) is 0.120. The van der Waals surface area contributed by atoms with Crippen LogP contribution in [-0.4, -0.2) is 30.5 Å². The smallest absolute Gasteiger partial charge is 0.276 e. The van der Waals surface area contributed by atoms with Gasteiger partial charge in [0.25, 0.3) is 5.91 Å². The lowest BCUT2D eigenvalue weighted by Gasteiger charge is -2.12. The standard InChI is InChI=1S/C25H20N2O4/c1-29-20-9-5-6-18(12-20)15-27-25(28)21(24(26-27)19-7-3-2-4-8-19)13-17-10-11-22-23(14-17)31-16-30-22/h2-14H,15-16H2,1H3. The van der Waals surface area contributed by atoms with Crippen molar-refractivity contribution in [3.63, 3.8) is 0 Å². The summed E-state index contributed by atoms with van der Waals surface area (Å²) in [7, 11) is 1.62. The summed E-state index contributed by atoms with van der Waals surface area (Å²) in [6.45, 7) is 0.560. The van der Waals surface area contributed by atoms with Crippen molar-refractivity contribution in [3.05, 3.63) is 95.1 Å². The number of fused-ring (bicyclic) bond motifs is 1. The van der Waals surface area contributed by atoms with Crippen LogP contribution in [0, 0.1) is 0 Å². The van der Waals surface area contributed by atoms with E-state index < -0.39 is 0 Å². The highest BCUT2D eigenvalue weighted by Crippen LogP contribution is 2.34. The molecule has 0 saturated carbocycles. The molecule has 0 radical (unpaired) electrons. The summed E-state index contributed by atoms with van der Waals surface area (Å²) < 4.78 is 16.2. The molecule has 0 bridgehead atoms. The van der Waals surface area contributed by atoms with Crippen molar-refractivity contribution in [2.45, 2.75) is 6.54 Å². The molecule has 3 aromatic carbocycles. The molecular weight excluding hydrogens is 392 g/mol. The Kier molecular flexibility index (Phi) is 4.88. The van der Waals surface area contributed by atoms with Crippen molar-refractivity contribution in [3.8, 4) is 17.2 Å². The minimum atomic E-state index is -0.153. The number of ether oxygens (including phenoxy) is 3. The first-order chi connectivity index (χ1) is 15.2. The molecule has 0 unspecified atom stereocenters. The summed E-state index contributed by atoms with van der Waals surface area (Å²) in [4.78, 5) is 13.3. The van der Waals surface area contributed by atoms with E-state index in [-0.39, 0.29) is 12.7 Å². The molecule has 0 spiro atoms. The van der Waals surface area contributed by atoms with E-state index in [1.807, 2.05) is 78.9 Å². The van der Waals surface area contributed by atoms with Crippen molar-refractivity contribution in [2.75, 3.05) is 13.9 Å². The maximum atomic E-state index is 13.3. The molecule has 6 nitrogen and oxygen atoms in total. The maximum absolute atomic E-state index is 13.3. The summed E-state index contributed by atoms with van der Waals surface area (Å²) in [6.07, 6.45) is 1.85. The third-order valence-electron chi connectivity index (χ3n) is 5.16. The van der Waals surface area contributed by atoms with Gasteiger partial charge in [-0.25, -0.2) is 5.01 Å². The summed E-state index contributed by atoms with van der Waals surface area (Å²) in [5, 5.41) is 6.17. The molecule has 31 heavy (non-hydrogen) atoms. The topological polar surface area (TPSA) is 60.4 Å². The molecule has 1 amide bonds. The highest BCUT2D eigenvalue weighted by atomic mass is 16.7. The first-order valence-electron chi connectivity index (χ1n) is 9.92. The van der Waals surface area contributed by atoms with Gasteiger partial charge in [0, 0.05) is 5.56 Å². The molecule has 0 fully saturated rings. The Balaban J connectivity index is 1.52. The molecule has 0 saturated heterocycles. The Bertz CT molecular complexity index is 1200. The van der Waals surface area contributed by atoms with E-state index >= 15 is 0 Å². The van der Waals surface area contributed by atoms with Crippen LogP contribution in [0.15, 0.2) is 83.5 Å². The van der Waals surface area contributed by atoms with Crippen LogP contribution in [0.4, 0.5) is 0 Å². The number of hydrogen-bond donors (Lipinski definition) is 0. The maximum Gasteiger partial charge on any atom is 0.276 e. The number of benzene rings is 3. The van der Waals surface area contributed by atoms with Crippen LogP contribution in [-0.2, 0) is 11.3 Å². The first-order valence-corrected chi connectivity index (χ1v) is 9.92. The van der Waals surface area contributed by atoms with Crippen molar-refractivity contribution in [1.29, 1.82) is 0 Å². The SMILES string of the molecule is COc1cccc(CN2N=C(c3ccccc3)C(=Cc3ccc4c(c3)OCO4)C2=O)c1. The minimum Gasteiger partial charge on any atom is -0.497 e. The van der Waals surface area contributed by atoms with Gasteiger partial charge in [0.1, 0.15) is 11.5 Å². The largest absolute Gasteiger partial charge is 0.497 e. The van der Waals surface area contributed by atoms with Gasteiger partial charge >= 0.3 is 0 Å². The van der Waals surface area contributed by atoms with E-state index in [1.54, 1.807) is 7.11 Å². The zero-order chi connectivity index (χ0) is 21.2. The number of methoxy groups -OCH3 is 1. The summed E-state index contributed by atoms with van der Waals surface area (Å²) >= 11 is 0. The molecule has 0 aliphatic carbocycles. The van der Waals surface area contributed by atoms with Gasteiger partial charge in [0.05, 0.1) is 19.2 Å². The Morgan fingerprint density at radius 1 is 1.00 bits per heavy atom. The zero-order valence-electron chi connectivity index (χ0n) is 16.9. The van der Waals surface area contributed by atoms with E-state index in [1.165, 1.54) is 5.01 Å². The molecular formula is C25H20N2O4. The summed E-state index contributed by atoms with van der Waals surface area (Å²) in [5.74, 6) is 1.97. The van der Waals surface area contributed by atoms with E-state index in [0.717, 1.165) is 22.4 Å². The first kappa shape index (κ1) is 18.9. The number of carbonyl (C=O) groups excluding carboxylic acids is 1. The van der Waals surface area contributed by atoms with Gasteiger partial charge < -0.3 is 14.2 Å². The van der Waals surface area contributed by atoms with Crippen molar-refractivity contribution >= 4 is 17.7 Å². The number of carbonyl (C=O) groups is 1. The van der Waals surface area contributed by atoms with Gasteiger partial charge in [0.2, 0.25) is 6.79 Å². The Labute approximate surface area is 180 Å². The third kappa shape index (κ3) is 3.75. The summed E-state index contributed by atoms with van der Waals surface area (Å²) in [6, 6.07) is 23.0. The van der Waals surface area contributed by atoms with Crippen LogP contribution >= 0.6 is 0 Å². The average molecular weight is 412 g/mol. The summed E-state index contributed by atoms with van der Waals surface area (Å²) in [5.41, 5.74) is 3.85. The number of hydrazone groups is 1. The molecule has 0 aromatic heterocycles. The van der Waals surface area contributed by atoms with Crippen LogP contribution in [0.3, 0.4) is 0 Å². The van der Waals surface area contributed by atoms with Crippen LogP contribution in [0.2, 0.25) is 0 Å². The Hall–Kier alpha value is -4.06. The van der Waals surface area contributed by atoms with Crippen LogP contribution in [0.25, 0.3) is 6.08 Å². The number of nitrogens with zero attached hydrogens (tertiary/aromatic N) is 2. The third-order valence-corrected chi connectivity index (χ3v) is 5.16. The van der Waals surface area contributed by atoms with E-state index in [2.05, 4.69) is 5.10 Å². The van der Waals surface area contributed by atoms with Gasteiger partial charge in [-0.15, -0.1) is 0 Å². The molecule has 154 valence electrons. The average Bonchev–Trinajstić information content (AvgIpc) is 3.40. The predicted molar refractivity (Wildman–Crippen MR) is 117 cm³/mol. The second-order valence-electron chi connectivity index (χ2n) is 7.20. The Morgan fingerprint density at radius 3 is 2.68 bits per heavy atom. The molecule has 0 N–H and O–H groups in total. The molecule has 5 rings (SSSR count). The lowest BCUT2D eigenvalue weighted by Crippen LogP contribution is -2.21. The van der Waals surface area contributed by atoms with E-state index in [9.17, 15) is 4.79 Å². The normalized spacial score (nSPS) is 16.0. The molecule has 2 aliphatic heterocycles. The second-order valence-corrected chi connectivity index (χ2v) is 7.20. The van der Waals surface area contributed by atoms with Gasteiger partial charge in [-0.1, -0.05) is 48.5 Å². The molecule has 0 atom stereocenters.